The molecular weight excluding hydrogens is 961 g/mol. The van der Waals surface area contributed by atoms with Gasteiger partial charge in [-0.1, -0.05) is 333 Å². The Morgan fingerprint density at radius 3 is 0.756 bits per heavy atom. The van der Waals surface area contributed by atoms with E-state index in [2.05, 4.69) is 57.2 Å². The zero-order chi connectivity index (χ0) is 56.4. The first-order valence-electron chi connectivity index (χ1n) is 35.0. The summed E-state index contributed by atoms with van der Waals surface area (Å²) in [7, 11) is 0. The Balaban J connectivity index is 4.09. The molecular formula is C72H134O6. The smallest absolute Gasteiger partial charge is 0.306 e. The molecule has 0 rings (SSSR count). The second kappa shape index (κ2) is 67.1. The fraction of sp³-hybridized carbons (Fsp3) is 0.875. The summed E-state index contributed by atoms with van der Waals surface area (Å²) in [5.74, 6) is -0.877. The Morgan fingerprint density at radius 2 is 0.474 bits per heavy atom. The highest BCUT2D eigenvalue weighted by molar-refractivity contribution is 5.71. The number of unbranched alkanes of at least 4 members (excludes halogenated alkanes) is 48. The Kier molecular flexibility index (Phi) is 65.1. The van der Waals surface area contributed by atoms with Gasteiger partial charge in [0.1, 0.15) is 13.2 Å². The SMILES string of the molecule is CCCC/C=C\C/C=C\CCCCCCCC(=O)OC(COC(=O)CCCCCCC/C=C\CCCCCCC)COC(=O)CCCCCCCCCCCCCCCCCCCCCCCCCCCCCCCCCC. The largest absolute Gasteiger partial charge is 0.462 e. The van der Waals surface area contributed by atoms with E-state index in [9.17, 15) is 14.4 Å². The highest BCUT2D eigenvalue weighted by Gasteiger charge is 2.19. The summed E-state index contributed by atoms with van der Waals surface area (Å²) in [6.07, 6.45) is 83.4. The number of carbonyl (C=O) groups is 3. The van der Waals surface area contributed by atoms with Gasteiger partial charge in [-0.3, -0.25) is 14.4 Å². The van der Waals surface area contributed by atoms with Crippen LogP contribution in [0, 0.1) is 0 Å². The third-order valence-electron chi connectivity index (χ3n) is 15.9. The van der Waals surface area contributed by atoms with Crippen molar-refractivity contribution in [1.29, 1.82) is 0 Å². The van der Waals surface area contributed by atoms with Crippen molar-refractivity contribution < 1.29 is 28.6 Å². The van der Waals surface area contributed by atoms with E-state index >= 15 is 0 Å². The second-order valence-electron chi connectivity index (χ2n) is 23.8. The van der Waals surface area contributed by atoms with Crippen LogP contribution in [0.5, 0.6) is 0 Å². The number of hydrogen-bond donors (Lipinski definition) is 0. The van der Waals surface area contributed by atoms with Crippen LogP contribution in [0.25, 0.3) is 0 Å². The molecule has 78 heavy (non-hydrogen) atoms. The number of rotatable bonds is 65. The summed E-state index contributed by atoms with van der Waals surface area (Å²) in [6, 6.07) is 0. The second-order valence-corrected chi connectivity index (χ2v) is 23.8. The van der Waals surface area contributed by atoms with Crippen molar-refractivity contribution in [3.05, 3.63) is 36.5 Å². The van der Waals surface area contributed by atoms with E-state index in [0.29, 0.717) is 19.3 Å². The van der Waals surface area contributed by atoms with Crippen LogP contribution in [0.4, 0.5) is 0 Å². The normalized spacial score (nSPS) is 12.2. The van der Waals surface area contributed by atoms with Crippen molar-refractivity contribution in [1.82, 2.24) is 0 Å². The Morgan fingerprint density at radius 1 is 0.256 bits per heavy atom. The molecule has 0 aliphatic rings. The van der Waals surface area contributed by atoms with Gasteiger partial charge in [0.2, 0.25) is 0 Å². The van der Waals surface area contributed by atoms with Crippen LogP contribution in [0.1, 0.15) is 387 Å². The summed E-state index contributed by atoms with van der Waals surface area (Å²) >= 11 is 0. The topological polar surface area (TPSA) is 78.9 Å². The van der Waals surface area contributed by atoms with E-state index in [4.69, 9.17) is 14.2 Å². The van der Waals surface area contributed by atoms with Gasteiger partial charge in [-0.2, -0.15) is 0 Å². The summed E-state index contributed by atoms with van der Waals surface area (Å²) in [4.78, 5) is 38.3. The van der Waals surface area contributed by atoms with Gasteiger partial charge < -0.3 is 14.2 Å². The minimum atomic E-state index is -0.781. The minimum absolute atomic E-state index is 0.0765. The Hall–Kier alpha value is -2.37. The molecule has 0 fully saturated rings. The monoisotopic (exact) mass is 1100 g/mol. The first-order chi connectivity index (χ1) is 38.5. The lowest BCUT2D eigenvalue weighted by Crippen LogP contribution is -2.30. The average molecular weight is 1100 g/mol. The van der Waals surface area contributed by atoms with Gasteiger partial charge in [-0.15, -0.1) is 0 Å². The summed E-state index contributed by atoms with van der Waals surface area (Å²) in [5.41, 5.74) is 0. The summed E-state index contributed by atoms with van der Waals surface area (Å²) in [6.45, 7) is 6.63. The average Bonchev–Trinajstić information content (AvgIpc) is 3.44. The van der Waals surface area contributed by atoms with Gasteiger partial charge in [-0.05, 0) is 70.6 Å². The summed E-state index contributed by atoms with van der Waals surface area (Å²) in [5, 5.41) is 0. The molecule has 0 bridgehead atoms. The Labute approximate surface area is 486 Å². The van der Waals surface area contributed by atoms with Crippen LogP contribution < -0.4 is 0 Å². The van der Waals surface area contributed by atoms with Crippen molar-refractivity contribution in [2.45, 2.75) is 393 Å². The van der Waals surface area contributed by atoms with Crippen LogP contribution in [0.3, 0.4) is 0 Å². The van der Waals surface area contributed by atoms with E-state index in [1.54, 1.807) is 0 Å². The molecule has 0 saturated heterocycles. The standard InChI is InChI=1S/C72H134O6/c1-4-7-10-13-16-19-22-25-28-29-30-31-32-33-34-35-36-37-38-39-40-41-42-43-44-45-48-50-53-56-59-62-65-71(74)77-68-69(78-72(75)66-63-60-57-54-51-47-27-24-21-18-15-12-9-6-3)67-76-70(73)64-61-58-55-52-49-46-26-23-20-17-14-11-8-5-2/h15,18,23-24,26-27,69H,4-14,16-17,19-22,25,28-68H2,1-3H3/b18-15-,26-23-,27-24-. The summed E-state index contributed by atoms with van der Waals surface area (Å²) < 4.78 is 16.9. The van der Waals surface area contributed by atoms with E-state index in [0.717, 1.165) is 89.9 Å². The molecule has 0 heterocycles. The molecule has 0 aliphatic heterocycles. The molecule has 458 valence electrons. The molecule has 0 N–H and O–H groups in total. The zero-order valence-electron chi connectivity index (χ0n) is 52.7. The molecule has 0 amide bonds. The molecule has 0 radical (unpaired) electrons. The molecule has 0 aromatic carbocycles. The first-order valence-corrected chi connectivity index (χ1v) is 35.0. The maximum absolute atomic E-state index is 12.9. The molecule has 0 saturated carbocycles. The van der Waals surface area contributed by atoms with Gasteiger partial charge in [0.05, 0.1) is 0 Å². The third-order valence-corrected chi connectivity index (χ3v) is 15.9. The number of esters is 3. The Bertz CT molecular complexity index is 1300. The van der Waals surface area contributed by atoms with Crippen molar-refractivity contribution in [3.8, 4) is 0 Å². The maximum atomic E-state index is 12.9. The minimum Gasteiger partial charge on any atom is -0.462 e. The van der Waals surface area contributed by atoms with Crippen molar-refractivity contribution in [3.63, 3.8) is 0 Å². The van der Waals surface area contributed by atoms with Crippen LogP contribution in [-0.4, -0.2) is 37.2 Å². The molecule has 0 aromatic heterocycles. The molecule has 0 aromatic rings. The quantitative estimate of drug-likeness (QED) is 0.0261. The van der Waals surface area contributed by atoms with Gasteiger partial charge >= 0.3 is 17.9 Å². The predicted octanol–water partition coefficient (Wildman–Crippen LogP) is 23.9. The van der Waals surface area contributed by atoms with E-state index in [-0.39, 0.29) is 31.1 Å². The van der Waals surface area contributed by atoms with Gasteiger partial charge in [0.15, 0.2) is 6.10 Å². The van der Waals surface area contributed by atoms with Crippen LogP contribution in [0.2, 0.25) is 0 Å². The maximum Gasteiger partial charge on any atom is 0.306 e. The highest BCUT2D eigenvalue weighted by Crippen LogP contribution is 2.19. The lowest BCUT2D eigenvalue weighted by Gasteiger charge is -2.18. The fourth-order valence-corrected chi connectivity index (χ4v) is 10.6. The van der Waals surface area contributed by atoms with Crippen molar-refractivity contribution >= 4 is 17.9 Å². The molecule has 1 atom stereocenters. The lowest BCUT2D eigenvalue weighted by atomic mass is 10.0. The number of hydrogen-bond acceptors (Lipinski definition) is 6. The van der Waals surface area contributed by atoms with E-state index < -0.39 is 6.10 Å². The molecule has 6 nitrogen and oxygen atoms in total. The number of ether oxygens (including phenoxy) is 3. The first kappa shape index (κ1) is 75.6. The highest BCUT2D eigenvalue weighted by atomic mass is 16.6. The van der Waals surface area contributed by atoms with Crippen LogP contribution >= 0.6 is 0 Å². The fourth-order valence-electron chi connectivity index (χ4n) is 10.6. The van der Waals surface area contributed by atoms with E-state index in [1.807, 2.05) is 0 Å². The van der Waals surface area contributed by atoms with Crippen molar-refractivity contribution in [2.24, 2.45) is 0 Å². The van der Waals surface area contributed by atoms with Crippen LogP contribution in [0.15, 0.2) is 36.5 Å². The van der Waals surface area contributed by atoms with E-state index in [1.165, 1.54) is 257 Å². The van der Waals surface area contributed by atoms with Crippen LogP contribution in [-0.2, 0) is 28.6 Å². The zero-order valence-corrected chi connectivity index (χ0v) is 52.7. The van der Waals surface area contributed by atoms with Gasteiger partial charge in [0, 0.05) is 19.3 Å². The molecule has 0 aliphatic carbocycles. The third kappa shape index (κ3) is 64.5. The van der Waals surface area contributed by atoms with Gasteiger partial charge in [0.25, 0.3) is 0 Å². The molecule has 0 spiro atoms. The predicted molar refractivity (Wildman–Crippen MR) is 339 cm³/mol. The number of allylic oxidation sites excluding steroid dienone is 6. The van der Waals surface area contributed by atoms with Gasteiger partial charge in [-0.25, -0.2) is 0 Å². The molecule has 1 unspecified atom stereocenters. The van der Waals surface area contributed by atoms with Crippen molar-refractivity contribution in [2.75, 3.05) is 13.2 Å². The molecule has 6 heteroatoms. The lowest BCUT2D eigenvalue weighted by molar-refractivity contribution is -0.167. The number of carbonyl (C=O) groups excluding carboxylic acids is 3.